The van der Waals surface area contributed by atoms with E-state index in [4.69, 9.17) is 0 Å². The molecule has 0 aromatic carbocycles. The van der Waals surface area contributed by atoms with Gasteiger partial charge in [-0.1, -0.05) is 13.8 Å². The minimum atomic E-state index is 0.340. The molecule has 0 unspecified atom stereocenters. The predicted molar refractivity (Wildman–Crippen MR) is 78.8 cm³/mol. The Bertz CT molecular complexity index is 444. The minimum absolute atomic E-state index is 0.340. The van der Waals surface area contributed by atoms with Crippen LogP contribution in [0.2, 0.25) is 0 Å². The SMILES string of the molecule is CCN(CC)CCCn1c(C)cc2c1CCCC2=O. The first-order valence-electron chi connectivity index (χ1n) is 7.61. The average molecular weight is 262 g/mol. The van der Waals surface area contributed by atoms with E-state index in [0.29, 0.717) is 5.78 Å². The predicted octanol–water partition coefficient (Wildman–Crippen LogP) is 3.05. The van der Waals surface area contributed by atoms with E-state index < -0.39 is 0 Å². The van der Waals surface area contributed by atoms with Crippen LogP contribution in [0.1, 0.15) is 54.9 Å². The van der Waals surface area contributed by atoms with Crippen LogP contribution in [-0.2, 0) is 13.0 Å². The highest BCUT2D eigenvalue weighted by Crippen LogP contribution is 2.25. The third-order valence-electron chi connectivity index (χ3n) is 4.28. The van der Waals surface area contributed by atoms with Crippen molar-refractivity contribution in [1.29, 1.82) is 0 Å². The van der Waals surface area contributed by atoms with Gasteiger partial charge in [0.1, 0.15) is 0 Å². The van der Waals surface area contributed by atoms with Crippen molar-refractivity contribution in [2.45, 2.75) is 53.0 Å². The van der Waals surface area contributed by atoms with Crippen molar-refractivity contribution in [2.75, 3.05) is 19.6 Å². The number of carbonyl (C=O) groups is 1. The molecule has 0 aliphatic heterocycles. The van der Waals surface area contributed by atoms with Crippen molar-refractivity contribution in [3.8, 4) is 0 Å². The van der Waals surface area contributed by atoms with E-state index in [9.17, 15) is 4.79 Å². The van der Waals surface area contributed by atoms with Crippen molar-refractivity contribution in [2.24, 2.45) is 0 Å². The van der Waals surface area contributed by atoms with Crippen LogP contribution in [0.5, 0.6) is 0 Å². The molecule has 1 heterocycles. The van der Waals surface area contributed by atoms with E-state index in [1.807, 2.05) is 0 Å². The first-order chi connectivity index (χ1) is 9.17. The molecule has 2 rings (SSSR count). The third-order valence-corrected chi connectivity index (χ3v) is 4.28. The minimum Gasteiger partial charge on any atom is -0.348 e. The zero-order chi connectivity index (χ0) is 13.8. The van der Waals surface area contributed by atoms with Crippen LogP contribution in [-0.4, -0.2) is 34.9 Å². The van der Waals surface area contributed by atoms with Crippen LogP contribution >= 0.6 is 0 Å². The van der Waals surface area contributed by atoms with Gasteiger partial charge >= 0.3 is 0 Å². The van der Waals surface area contributed by atoms with E-state index in [-0.39, 0.29) is 0 Å². The van der Waals surface area contributed by atoms with Gasteiger partial charge in [0.15, 0.2) is 5.78 Å². The lowest BCUT2D eigenvalue weighted by atomic mass is 9.96. The molecule has 1 aliphatic rings. The van der Waals surface area contributed by atoms with Gasteiger partial charge in [-0.2, -0.15) is 0 Å². The number of carbonyl (C=O) groups excluding carboxylic acids is 1. The van der Waals surface area contributed by atoms with Gasteiger partial charge in [-0.15, -0.1) is 0 Å². The summed E-state index contributed by atoms with van der Waals surface area (Å²) < 4.78 is 2.37. The lowest BCUT2D eigenvalue weighted by molar-refractivity contribution is 0.0971. The summed E-state index contributed by atoms with van der Waals surface area (Å²) in [6.45, 7) is 11.0. The fourth-order valence-electron chi connectivity index (χ4n) is 3.09. The Hall–Kier alpha value is -1.09. The Morgan fingerprint density at radius 2 is 2.00 bits per heavy atom. The first kappa shape index (κ1) is 14.3. The number of hydrogen-bond acceptors (Lipinski definition) is 2. The molecule has 0 fully saturated rings. The van der Waals surface area contributed by atoms with Gasteiger partial charge in [0, 0.05) is 29.9 Å². The van der Waals surface area contributed by atoms with E-state index in [1.54, 1.807) is 0 Å². The number of Topliss-reactive ketones (excluding diaryl/α,β-unsaturated/α-hetero) is 1. The summed E-state index contributed by atoms with van der Waals surface area (Å²) >= 11 is 0. The molecule has 0 bridgehead atoms. The molecule has 0 saturated heterocycles. The molecule has 1 aromatic heterocycles. The highest BCUT2D eigenvalue weighted by atomic mass is 16.1. The molecule has 0 saturated carbocycles. The van der Waals surface area contributed by atoms with E-state index in [2.05, 4.69) is 36.3 Å². The number of aryl methyl sites for hydroxylation is 1. The summed E-state index contributed by atoms with van der Waals surface area (Å²) in [5, 5.41) is 0. The highest BCUT2D eigenvalue weighted by molar-refractivity contribution is 5.98. The molecule has 19 heavy (non-hydrogen) atoms. The molecular weight excluding hydrogens is 236 g/mol. The summed E-state index contributed by atoms with van der Waals surface area (Å²) in [5.74, 6) is 0.340. The molecular formula is C16H26N2O. The molecule has 106 valence electrons. The van der Waals surface area contributed by atoms with Gasteiger partial charge in [-0.25, -0.2) is 0 Å². The molecule has 0 N–H and O–H groups in total. The van der Waals surface area contributed by atoms with E-state index in [0.717, 1.165) is 57.4 Å². The Balaban J connectivity index is 2.03. The maximum Gasteiger partial charge on any atom is 0.164 e. The largest absolute Gasteiger partial charge is 0.348 e. The smallest absolute Gasteiger partial charge is 0.164 e. The summed E-state index contributed by atoms with van der Waals surface area (Å²) in [7, 11) is 0. The number of hydrogen-bond donors (Lipinski definition) is 0. The second-order valence-electron chi connectivity index (χ2n) is 5.45. The third kappa shape index (κ3) is 3.08. The van der Waals surface area contributed by atoms with Crippen LogP contribution < -0.4 is 0 Å². The van der Waals surface area contributed by atoms with Crippen molar-refractivity contribution in [1.82, 2.24) is 9.47 Å². The highest BCUT2D eigenvalue weighted by Gasteiger charge is 2.22. The van der Waals surface area contributed by atoms with Gasteiger partial charge in [0.05, 0.1) is 0 Å². The van der Waals surface area contributed by atoms with Gasteiger partial charge < -0.3 is 9.47 Å². The first-order valence-corrected chi connectivity index (χ1v) is 7.61. The Morgan fingerprint density at radius 3 is 2.68 bits per heavy atom. The number of nitrogens with zero attached hydrogens (tertiary/aromatic N) is 2. The van der Waals surface area contributed by atoms with Crippen molar-refractivity contribution < 1.29 is 4.79 Å². The van der Waals surface area contributed by atoms with Crippen molar-refractivity contribution in [3.63, 3.8) is 0 Å². The Morgan fingerprint density at radius 1 is 1.26 bits per heavy atom. The monoisotopic (exact) mass is 262 g/mol. The van der Waals surface area contributed by atoms with Gasteiger partial charge in [0.25, 0.3) is 0 Å². The maximum absolute atomic E-state index is 11.9. The van der Waals surface area contributed by atoms with Crippen LogP contribution in [0.15, 0.2) is 6.07 Å². The Kier molecular flexibility index (Phi) is 4.81. The van der Waals surface area contributed by atoms with Gasteiger partial charge in [0.2, 0.25) is 0 Å². The molecule has 0 spiro atoms. The Labute approximate surface area is 116 Å². The number of ketones is 1. The quantitative estimate of drug-likeness (QED) is 0.787. The number of aromatic nitrogens is 1. The number of fused-ring (bicyclic) bond motifs is 1. The van der Waals surface area contributed by atoms with Gasteiger partial charge in [-0.05, 0) is 51.9 Å². The van der Waals surface area contributed by atoms with E-state index in [1.165, 1.54) is 11.4 Å². The molecule has 3 nitrogen and oxygen atoms in total. The fraction of sp³-hybridized carbons (Fsp3) is 0.688. The lowest BCUT2D eigenvalue weighted by Gasteiger charge is -2.20. The normalized spacial score (nSPS) is 15.1. The second kappa shape index (κ2) is 6.38. The molecule has 1 aliphatic carbocycles. The van der Waals surface area contributed by atoms with E-state index >= 15 is 0 Å². The van der Waals surface area contributed by atoms with Crippen molar-refractivity contribution in [3.05, 3.63) is 23.0 Å². The summed E-state index contributed by atoms with van der Waals surface area (Å²) in [5.41, 5.74) is 3.53. The molecule has 0 amide bonds. The molecule has 0 radical (unpaired) electrons. The zero-order valence-electron chi connectivity index (χ0n) is 12.5. The van der Waals surface area contributed by atoms with Crippen LogP contribution in [0.25, 0.3) is 0 Å². The second-order valence-corrected chi connectivity index (χ2v) is 5.45. The fourth-order valence-corrected chi connectivity index (χ4v) is 3.09. The number of rotatable bonds is 6. The molecule has 0 atom stereocenters. The summed E-state index contributed by atoms with van der Waals surface area (Å²) in [6.07, 6.45) is 3.99. The summed E-state index contributed by atoms with van der Waals surface area (Å²) in [6, 6.07) is 2.09. The van der Waals surface area contributed by atoms with Crippen LogP contribution in [0, 0.1) is 6.92 Å². The van der Waals surface area contributed by atoms with Crippen molar-refractivity contribution >= 4 is 5.78 Å². The maximum atomic E-state index is 11.9. The van der Waals surface area contributed by atoms with Crippen LogP contribution in [0.4, 0.5) is 0 Å². The average Bonchev–Trinajstić information content (AvgIpc) is 2.73. The lowest BCUT2D eigenvalue weighted by Crippen LogP contribution is -2.25. The van der Waals surface area contributed by atoms with Gasteiger partial charge in [-0.3, -0.25) is 4.79 Å². The van der Waals surface area contributed by atoms with Crippen LogP contribution in [0.3, 0.4) is 0 Å². The molecule has 3 heteroatoms. The summed E-state index contributed by atoms with van der Waals surface area (Å²) in [4.78, 5) is 14.4. The zero-order valence-corrected chi connectivity index (χ0v) is 12.5. The topological polar surface area (TPSA) is 25.2 Å². The molecule has 1 aromatic rings. The standard InChI is InChI=1S/C16H26N2O/c1-4-17(5-2)10-7-11-18-13(3)12-14-15(18)8-6-9-16(14)19/h12H,4-11H2,1-3H3.